The van der Waals surface area contributed by atoms with E-state index >= 15 is 0 Å². The van der Waals surface area contributed by atoms with Gasteiger partial charge in [-0.1, -0.05) is 18.2 Å². The molecule has 0 bridgehead atoms. The van der Waals surface area contributed by atoms with Crippen molar-refractivity contribution in [2.75, 3.05) is 27.8 Å². The molecule has 1 aromatic carbocycles. The van der Waals surface area contributed by atoms with Gasteiger partial charge in [-0.05, 0) is 26.1 Å². The molecule has 0 unspecified atom stereocenters. The molecule has 0 saturated carbocycles. The van der Waals surface area contributed by atoms with Crippen LogP contribution in [0.5, 0.6) is 5.75 Å². The van der Waals surface area contributed by atoms with Crippen LogP contribution in [-0.4, -0.2) is 38.7 Å². The first-order chi connectivity index (χ1) is 8.67. The molecule has 1 aromatic rings. The van der Waals surface area contributed by atoms with Crippen molar-refractivity contribution in [2.45, 2.75) is 19.4 Å². The van der Waals surface area contributed by atoms with Crippen molar-refractivity contribution in [3.63, 3.8) is 0 Å². The van der Waals surface area contributed by atoms with E-state index in [9.17, 15) is 4.79 Å². The maximum absolute atomic E-state index is 11.0. The Hall–Kier alpha value is -1.55. The third kappa shape index (κ3) is 4.75. The van der Waals surface area contributed by atoms with Gasteiger partial charge < -0.3 is 14.4 Å². The Kier molecular flexibility index (Phi) is 6.22. The molecule has 0 atom stereocenters. The predicted molar refractivity (Wildman–Crippen MR) is 70.6 cm³/mol. The molecule has 0 saturated heterocycles. The number of benzene rings is 1. The summed E-state index contributed by atoms with van der Waals surface area (Å²) < 4.78 is 9.91. The molecule has 0 aromatic heterocycles. The molecule has 0 spiro atoms. The maximum atomic E-state index is 11.0. The summed E-state index contributed by atoms with van der Waals surface area (Å²) in [5.41, 5.74) is 1.15. The number of hydrogen-bond acceptors (Lipinski definition) is 4. The van der Waals surface area contributed by atoms with Crippen LogP contribution in [0.15, 0.2) is 24.3 Å². The van der Waals surface area contributed by atoms with E-state index in [0.717, 1.165) is 30.8 Å². The number of nitrogens with zero attached hydrogens (tertiary/aromatic N) is 1. The molecule has 0 aliphatic carbocycles. The average molecular weight is 251 g/mol. The second-order valence-electron chi connectivity index (χ2n) is 4.23. The molecule has 4 nitrogen and oxygen atoms in total. The highest BCUT2D eigenvalue weighted by molar-refractivity contribution is 5.69. The van der Waals surface area contributed by atoms with Gasteiger partial charge in [0.1, 0.15) is 5.75 Å². The standard InChI is InChI=1S/C14H21NO3/c1-15(10-6-9-14(16)18-3)11-12-7-4-5-8-13(12)17-2/h4-5,7-8H,6,9-11H2,1-3H3. The van der Waals surface area contributed by atoms with E-state index in [1.165, 1.54) is 7.11 Å². The van der Waals surface area contributed by atoms with Gasteiger partial charge in [-0.25, -0.2) is 0 Å². The number of ether oxygens (including phenoxy) is 2. The smallest absolute Gasteiger partial charge is 0.305 e. The summed E-state index contributed by atoms with van der Waals surface area (Å²) in [4.78, 5) is 13.2. The van der Waals surface area contributed by atoms with Crippen LogP contribution in [0.2, 0.25) is 0 Å². The topological polar surface area (TPSA) is 38.8 Å². The number of para-hydroxylation sites is 1. The fourth-order valence-corrected chi connectivity index (χ4v) is 1.80. The van der Waals surface area contributed by atoms with E-state index in [-0.39, 0.29) is 5.97 Å². The van der Waals surface area contributed by atoms with E-state index < -0.39 is 0 Å². The van der Waals surface area contributed by atoms with Crippen LogP contribution in [0.4, 0.5) is 0 Å². The van der Waals surface area contributed by atoms with Gasteiger partial charge in [0.05, 0.1) is 14.2 Å². The molecule has 0 amide bonds. The maximum Gasteiger partial charge on any atom is 0.305 e. The molecule has 4 heteroatoms. The number of rotatable bonds is 7. The molecular formula is C14H21NO3. The molecule has 0 heterocycles. The first kappa shape index (κ1) is 14.5. The lowest BCUT2D eigenvalue weighted by molar-refractivity contribution is -0.140. The van der Waals surface area contributed by atoms with Gasteiger partial charge in [0.25, 0.3) is 0 Å². The van der Waals surface area contributed by atoms with Crippen molar-refractivity contribution in [2.24, 2.45) is 0 Å². The Bertz CT molecular complexity index is 379. The summed E-state index contributed by atoms with van der Waals surface area (Å²) in [5.74, 6) is 0.748. The van der Waals surface area contributed by atoms with Gasteiger partial charge in [-0.15, -0.1) is 0 Å². The van der Waals surface area contributed by atoms with Crippen LogP contribution in [0.25, 0.3) is 0 Å². The lowest BCUT2D eigenvalue weighted by Crippen LogP contribution is -2.20. The molecule has 0 N–H and O–H groups in total. The summed E-state index contributed by atoms with van der Waals surface area (Å²) in [5, 5.41) is 0. The molecular weight excluding hydrogens is 230 g/mol. The Labute approximate surface area is 108 Å². The van der Waals surface area contributed by atoms with Crippen LogP contribution in [-0.2, 0) is 16.1 Å². The molecule has 0 radical (unpaired) electrons. The molecule has 100 valence electrons. The van der Waals surface area contributed by atoms with Crippen molar-refractivity contribution in [3.8, 4) is 5.75 Å². The van der Waals surface area contributed by atoms with Crippen molar-refractivity contribution in [3.05, 3.63) is 29.8 Å². The quantitative estimate of drug-likeness (QED) is 0.695. The van der Waals surface area contributed by atoms with Crippen LogP contribution < -0.4 is 4.74 Å². The van der Waals surface area contributed by atoms with Gasteiger partial charge in [0, 0.05) is 18.5 Å². The number of carbonyl (C=O) groups is 1. The average Bonchev–Trinajstić information content (AvgIpc) is 2.39. The second kappa shape index (κ2) is 7.71. The van der Waals surface area contributed by atoms with Gasteiger partial charge >= 0.3 is 5.97 Å². The van der Waals surface area contributed by atoms with Crippen molar-refractivity contribution in [1.82, 2.24) is 4.90 Å². The molecule has 0 aliphatic rings. The summed E-state index contributed by atoms with van der Waals surface area (Å²) in [7, 11) is 5.13. The minimum Gasteiger partial charge on any atom is -0.496 e. The highest BCUT2D eigenvalue weighted by Crippen LogP contribution is 2.18. The number of hydrogen-bond donors (Lipinski definition) is 0. The predicted octanol–water partition coefficient (Wildman–Crippen LogP) is 2.08. The highest BCUT2D eigenvalue weighted by Gasteiger charge is 2.06. The Balaban J connectivity index is 2.39. The third-order valence-corrected chi connectivity index (χ3v) is 2.78. The van der Waals surface area contributed by atoms with Gasteiger partial charge in [-0.3, -0.25) is 4.79 Å². The minimum atomic E-state index is -0.152. The zero-order chi connectivity index (χ0) is 13.4. The zero-order valence-electron chi connectivity index (χ0n) is 11.3. The molecule has 0 aliphatic heterocycles. The monoisotopic (exact) mass is 251 g/mol. The Morgan fingerprint density at radius 2 is 2.00 bits per heavy atom. The largest absolute Gasteiger partial charge is 0.496 e. The highest BCUT2D eigenvalue weighted by atomic mass is 16.5. The van der Waals surface area contributed by atoms with Crippen LogP contribution in [0, 0.1) is 0 Å². The van der Waals surface area contributed by atoms with E-state index in [4.69, 9.17) is 4.74 Å². The minimum absolute atomic E-state index is 0.152. The van der Waals surface area contributed by atoms with Crippen LogP contribution in [0.3, 0.4) is 0 Å². The Morgan fingerprint density at radius 3 is 2.67 bits per heavy atom. The third-order valence-electron chi connectivity index (χ3n) is 2.78. The van der Waals surface area contributed by atoms with E-state index in [1.807, 2.05) is 25.2 Å². The molecule has 0 fully saturated rings. The first-order valence-corrected chi connectivity index (χ1v) is 6.04. The summed E-state index contributed by atoms with van der Waals surface area (Å²) in [6.45, 7) is 1.67. The lowest BCUT2D eigenvalue weighted by Gasteiger charge is -2.17. The van der Waals surface area contributed by atoms with Crippen molar-refractivity contribution >= 4 is 5.97 Å². The summed E-state index contributed by atoms with van der Waals surface area (Å²) in [6, 6.07) is 7.97. The number of methoxy groups -OCH3 is 2. The van der Waals surface area contributed by atoms with Crippen molar-refractivity contribution in [1.29, 1.82) is 0 Å². The van der Waals surface area contributed by atoms with Gasteiger partial charge in [0.15, 0.2) is 0 Å². The summed E-state index contributed by atoms with van der Waals surface area (Å²) >= 11 is 0. The van der Waals surface area contributed by atoms with Crippen LogP contribution >= 0.6 is 0 Å². The number of carbonyl (C=O) groups excluding carboxylic acids is 1. The van der Waals surface area contributed by atoms with Gasteiger partial charge in [-0.2, -0.15) is 0 Å². The number of esters is 1. The Morgan fingerprint density at radius 1 is 1.28 bits per heavy atom. The fourth-order valence-electron chi connectivity index (χ4n) is 1.80. The normalized spacial score (nSPS) is 10.4. The van der Waals surface area contributed by atoms with E-state index in [2.05, 4.69) is 15.7 Å². The van der Waals surface area contributed by atoms with Crippen molar-refractivity contribution < 1.29 is 14.3 Å². The van der Waals surface area contributed by atoms with Crippen LogP contribution in [0.1, 0.15) is 18.4 Å². The lowest BCUT2D eigenvalue weighted by atomic mass is 10.2. The first-order valence-electron chi connectivity index (χ1n) is 6.04. The zero-order valence-corrected chi connectivity index (χ0v) is 11.3. The molecule has 1 rings (SSSR count). The second-order valence-corrected chi connectivity index (χ2v) is 4.23. The molecule has 18 heavy (non-hydrogen) atoms. The fraction of sp³-hybridized carbons (Fsp3) is 0.500. The van der Waals surface area contributed by atoms with E-state index in [0.29, 0.717) is 6.42 Å². The van der Waals surface area contributed by atoms with E-state index in [1.54, 1.807) is 7.11 Å². The van der Waals surface area contributed by atoms with Gasteiger partial charge in [0.2, 0.25) is 0 Å². The SMILES string of the molecule is COC(=O)CCCN(C)Cc1ccccc1OC. The summed E-state index contributed by atoms with van der Waals surface area (Å²) in [6.07, 6.45) is 1.27.